The normalized spacial score (nSPS) is 24.9. The molecule has 1 unspecified atom stereocenters. The first-order valence-electron chi connectivity index (χ1n) is 4.97. The van der Waals surface area contributed by atoms with E-state index in [1.54, 1.807) is 21.1 Å². The van der Waals surface area contributed by atoms with Crippen molar-refractivity contribution in [2.45, 2.75) is 32.0 Å². The second-order valence-corrected chi connectivity index (χ2v) is 3.42. The summed E-state index contributed by atoms with van der Waals surface area (Å²) in [5, 5.41) is 0. The molecule has 0 saturated heterocycles. The molecule has 0 radical (unpaired) electrons. The number of esters is 1. The van der Waals surface area contributed by atoms with Crippen LogP contribution in [0.25, 0.3) is 0 Å². The lowest BCUT2D eigenvalue weighted by Gasteiger charge is -2.30. The fourth-order valence-corrected chi connectivity index (χ4v) is 2.06. The van der Waals surface area contributed by atoms with E-state index < -0.39 is 5.79 Å². The maximum Gasteiger partial charge on any atom is 0.314 e. The molecule has 4 heteroatoms. The molecule has 1 aliphatic rings. The van der Waals surface area contributed by atoms with Crippen LogP contribution in [0.1, 0.15) is 26.2 Å². The molecule has 0 aromatic carbocycles. The fourth-order valence-electron chi connectivity index (χ4n) is 2.06. The standard InChI is InChI=1S/C10H18O4/c1-4-14-9(11)8-6-5-7-10(8,12-2)13-3/h8H,4-7H2,1-3H3. The van der Waals surface area contributed by atoms with Gasteiger partial charge in [0.2, 0.25) is 0 Å². The van der Waals surface area contributed by atoms with Crippen molar-refractivity contribution < 1.29 is 19.0 Å². The molecule has 0 bridgehead atoms. The van der Waals surface area contributed by atoms with E-state index in [1.165, 1.54) is 0 Å². The Morgan fingerprint density at radius 1 is 1.43 bits per heavy atom. The van der Waals surface area contributed by atoms with Crippen molar-refractivity contribution in [2.75, 3.05) is 20.8 Å². The molecular formula is C10H18O4. The highest BCUT2D eigenvalue weighted by Crippen LogP contribution is 2.39. The second kappa shape index (κ2) is 4.75. The summed E-state index contributed by atoms with van der Waals surface area (Å²) < 4.78 is 15.6. The summed E-state index contributed by atoms with van der Waals surface area (Å²) in [5.74, 6) is -1.25. The van der Waals surface area contributed by atoms with Crippen molar-refractivity contribution >= 4 is 5.97 Å². The summed E-state index contributed by atoms with van der Waals surface area (Å²) in [6.45, 7) is 2.20. The summed E-state index contributed by atoms with van der Waals surface area (Å²) in [4.78, 5) is 11.6. The lowest BCUT2D eigenvalue weighted by molar-refractivity contribution is -0.232. The van der Waals surface area contributed by atoms with E-state index in [-0.39, 0.29) is 11.9 Å². The number of carbonyl (C=O) groups is 1. The molecule has 1 saturated carbocycles. The minimum absolute atomic E-state index is 0.214. The van der Waals surface area contributed by atoms with Crippen LogP contribution >= 0.6 is 0 Å². The molecule has 1 aliphatic carbocycles. The van der Waals surface area contributed by atoms with Crippen LogP contribution in [0.15, 0.2) is 0 Å². The van der Waals surface area contributed by atoms with Crippen LogP contribution < -0.4 is 0 Å². The van der Waals surface area contributed by atoms with Crippen molar-refractivity contribution in [2.24, 2.45) is 5.92 Å². The second-order valence-electron chi connectivity index (χ2n) is 3.42. The van der Waals surface area contributed by atoms with Crippen LogP contribution in [-0.2, 0) is 19.0 Å². The fraction of sp³-hybridized carbons (Fsp3) is 0.900. The van der Waals surface area contributed by atoms with E-state index in [0.717, 1.165) is 19.3 Å². The van der Waals surface area contributed by atoms with E-state index in [1.807, 2.05) is 0 Å². The molecule has 1 atom stereocenters. The number of hydrogen-bond acceptors (Lipinski definition) is 4. The Kier molecular flexibility index (Phi) is 3.89. The molecule has 0 heterocycles. The van der Waals surface area contributed by atoms with Gasteiger partial charge in [-0.2, -0.15) is 0 Å². The summed E-state index contributed by atoms with van der Waals surface area (Å²) in [6, 6.07) is 0. The lowest BCUT2D eigenvalue weighted by atomic mass is 10.0. The Hall–Kier alpha value is -0.610. The maximum atomic E-state index is 11.6. The van der Waals surface area contributed by atoms with Gasteiger partial charge in [0, 0.05) is 20.6 Å². The quantitative estimate of drug-likeness (QED) is 0.509. The Morgan fingerprint density at radius 3 is 2.57 bits per heavy atom. The molecule has 0 amide bonds. The zero-order valence-electron chi connectivity index (χ0n) is 9.04. The maximum absolute atomic E-state index is 11.6. The average molecular weight is 202 g/mol. The number of carbonyl (C=O) groups excluding carboxylic acids is 1. The molecule has 0 aromatic rings. The van der Waals surface area contributed by atoms with Gasteiger partial charge in [0.1, 0.15) is 5.92 Å². The van der Waals surface area contributed by atoms with Gasteiger partial charge >= 0.3 is 5.97 Å². The van der Waals surface area contributed by atoms with Gasteiger partial charge in [0.05, 0.1) is 6.61 Å². The molecule has 0 aromatic heterocycles. The third-order valence-electron chi connectivity index (χ3n) is 2.81. The summed E-state index contributed by atoms with van der Waals surface area (Å²) >= 11 is 0. The Morgan fingerprint density at radius 2 is 2.07 bits per heavy atom. The molecule has 0 spiro atoms. The first-order chi connectivity index (χ1) is 6.70. The number of hydrogen-bond donors (Lipinski definition) is 0. The summed E-state index contributed by atoms with van der Waals surface area (Å²) in [7, 11) is 3.14. The Labute approximate surface area is 84.5 Å². The molecular weight excluding hydrogens is 184 g/mol. The van der Waals surface area contributed by atoms with E-state index in [4.69, 9.17) is 14.2 Å². The van der Waals surface area contributed by atoms with Gasteiger partial charge in [-0.15, -0.1) is 0 Å². The van der Waals surface area contributed by atoms with Gasteiger partial charge in [-0.25, -0.2) is 0 Å². The van der Waals surface area contributed by atoms with Crippen molar-refractivity contribution in [1.29, 1.82) is 0 Å². The van der Waals surface area contributed by atoms with Gasteiger partial charge in [-0.3, -0.25) is 4.79 Å². The van der Waals surface area contributed by atoms with E-state index >= 15 is 0 Å². The zero-order valence-corrected chi connectivity index (χ0v) is 9.04. The highest BCUT2D eigenvalue weighted by molar-refractivity contribution is 5.74. The summed E-state index contributed by atoms with van der Waals surface area (Å²) in [6.07, 6.45) is 2.47. The molecule has 0 aliphatic heterocycles. The van der Waals surface area contributed by atoms with Crippen molar-refractivity contribution in [3.8, 4) is 0 Å². The number of rotatable bonds is 4. The van der Waals surface area contributed by atoms with Gasteiger partial charge < -0.3 is 14.2 Å². The predicted octanol–water partition coefficient (Wildman–Crippen LogP) is 1.34. The van der Waals surface area contributed by atoms with Crippen LogP contribution in [-0.4, -0.2) is 32.6 Å². The Balaban J connectivity index is 2.71. The largest absolute Gasteiger partial charge is 0.466 e. The smallest absolute Gasteiger partial charge is 0.314 e. The number of methoxy groups -OCH3 is 2. The van der Waals surface area contributed by atoms with Gasteiger partial charge in [-0.1, -0.05) is 0 Å². The van der Waals surface area contributed by atoms with E-state index in [0.29, 0.717) is 6.61 Å². The topological polar surface area (TPSA) is 44.8 Å². The van der Waals surface area contributed by atoms with Crippen LogP contribution in [0.5, 0.6) is 0 Å². The van der Waals surface area contributed by atoms with Crippen LogP contribution in [0.2, 0.25) is 0 Å². The van der Waals surface area contributed by atoms with E-state index in [9.17, 15) is 4.79 Å². The van der Waals surface area contributed by atoms with Gasteiger partial charge in [-0.05, 0) is 19.8 Å². The van der Waals surface area contributed by atoms with Crippen molar-refractivity contribution in [3.05, 3.63) is 0 Å². The SMILES string of the molecule is CCOC(=O)C1CCCC1(OC)OC. The van der Waals surface area contributed by atoms with Crippen molar-refractivity contribution in [1.82, 2.24) is 0 Å². The third kappa shape index (κ3) is 1.91. The molecule has 14 heavy (non-hydrogen) atoms. The van der Waals surface area contributed by atoms with Crippen LogP contribution in [0.3, 0.4) is 0 Å². The molecule has 0 N–H and O–H groups in total. The first-order valence-corrected chi connectivity index (χ1v) is 4.97. The molecule has 1 rings (SSSR count). The predicted molar refractivity (Wildman–Crippen MR) is 50.7 cm³/mol. The zero-order chi connectivity index (χ0) is 10.6. The minimum atomic E-state index is -0.758. The molecule has 1 fully saturated rings. The van der Waals surface area contributed by atoms with Crippen LogP contribution in [0.4, 0.5) is 0 Å². The van der Waals surface area contributed by atoms with Gasteiger partial charge in [0.15, 0.2) is 5.79 Å². The third-order valence-corrected chi connectivity index (χ3v) is 2.81. The highest BCUT2D eigenvalue weighted by atomic mass is 16.7. The van der Waals surface area contributed by atoms with Crippen molar-refractivity contribution in [3.63, 3.8) is 0 Å². The Bertz CT molecular complexity index is 198. The molecule has 82 valence electrons. The average Bonchev–Trinajstić information content (AvgIpc) is 2.62. The highest BCUT2D eigenvalue weighted by Gasteiger charge is 2.48. The monoisotopic (exact) mass is 202 g/mol. The minimum Gasteiger partial charge on any atom is -0.466 e. The van der Waals surface area contributed by atoms with Crippen LogP contribution in [0, 0.1) is 5.92 Å². The number of ether oxygens (including phenoxy) is 3. The van der Waals surface area contributed by atoms with E-state index in [2.05, 4.69) is 0 Å². The first kappa shape index (κ1) is 11.5. The summed E-state index contributed by atoms with van der Waals surface area (Å²) in [5.41, 5.74) is 0. The van der Waals surface area contributed by atoms with Gasteiger partial charge in [0.25, 0.3) is 0 Å². The lowest BCUT2D eigenvalue weighted by Crippen LogP contribution is -2.42. The molecule has 4 nitrogen and oxygen atoms in total.